The van der Waals surface area contributed by atoms with Crippen LogP contribution in [0.2, 0.25) is 0 Å². The minimum atomic E-state index is -0.548. The second-order valence-corrected chi connectivity index (χ2v) is 4.52. The molecule has 2 rings (SSSR count). The highest BCUT2D eigenvalue weighted by molar-refractivity contribution is 5.99. The summed E-state index contributed by atoms with van der Waals surface area (Å²) in [6.07, 6.45) is 1.87. The van der Waals surface area contributed by atoms with Gasteiger partial charge in [0, 0.05) is 24.3 Å². The first-order valence-corrected chi connectivity index (χ1v) is 5.85. The number of rotatable bonds is 2. The fourth-order valence-corrected chi connectivity index (χ4v) is 2.27. The number of benzene rings is 1. The number of hydrogen-bond donors (Lipinski definition) is 1. The van der Waals surface area contributed by atoms with E-state index in [0.717, 1.165) is 12.8 Å². The summed E-state index contributed by atoms with van der Waals surface area (Å²) in [5, 5.41) is 10.9. The van der Waals surface area contributed by atoms with Crippen LogP contribution >= 0.6 is 0 Å². The molecule has 1 aromatic carbocycles. The van der Waals surface area contributed by atoms with Gasteiger partial charge in [-0.3, -0.25) is 14.9 Å². The Morgan fingerprint density at radius 3 is 2.83 bits per heavy atom. The molecule has 2 N–H and O–H groups in total. The number of anilines is 1. The summed E-state index contributed by atoms with van der Waals surface area (Å²) in [6, 6.07) is 4.22. The Hall–Kier alpha value is -2.11. The number of amides is 1. The molecule has 1 unspecified atom stereocenters. The quantitative estimate of drug-likeness (QED) is 0.491. The van der Waals surface area contributed by atoms with Gasteiger partial charge < -0.3 is 10.6 Å². The van der Waals surface area contributed by atoms with Gasteiger partial charge >= 0.3 is 0 Å². The van der Waals surface area contributed by atoms with Crippen LogP contribution in [0.25, 0.3) is 0 Å². The Kier molecular flexibility index (Phi) is 3.18. The lowest BCUT2D eigenvalue weighted by atomic mass is 10.1. The average Bonchev–Trinajstić information content (AvgIpc) is 2.74. The van der Waals surface area contributed by atoms with E-state index in [0.29, 0.717) is 12.2 Å². The number of nitrogens with zero attached hydrogens (tertiary/aromatic N) is 2. The van der Waals surface area contributed by atoms with Crippen LogP contribution in [-0.2, 0) is 0 Å². The number of nitrogens with two attached hydrogens (primary N) is 1. The van der Waals surface area contributed by atoms with Crippen molar-refractivity contribution in [2.45, 2.75) is 25.8 Å². The van der Waals surface area contributed by atoms with E-state index < -0.39 is 4.92 Å². The number of hydrogen-bond acceptors (Lipinski definition) is 4. The van der Waals surface area contributed by atoms with E-state index in [4.69, 9.17) is 5.73 Å². The molecule has 0 saturated carbocycles. The maximum atomic E-state index is 12.3. The van der Waals surface area contributed by atoms with Gasteiger partial charge in [0.05, 0.1) is 4.92 Å². The predicted molar refractivity (Wildman–Crippen MR) is 67.2 cm³/mol. The zero-order valence-electron chi connectivity index (χ0n) is 10.1. The van der Waals surface area contributed by atoms with Gasteiger partial charge in [0.2, 0.25) is 0 Å². The maximum Gasteiger partial charge on any atom is 0.282 e. The molecule has 1 aromatic rings. The summed E-state index contributed by atoms with van der Waals surface area (Å²) in [6.45, 7) is 2.59. The molecule has 1 heterocycles. The van der Waals surface area contributed by atoms with E-state index in [-0.39, 0.29) is 23.2 Å². The van der Waals surface area contributed by atoms with Gasteiger partial charge in [-0.25, -0.2) is 0 Å². The number of nitrogen functional groups attached to an aromatic ring is 1. The molecule has 1 amide bonds. The molecule has 0 radical (unpaired) electrons. The van der Waals surface area contributed by atoms with Crippen molar-refractivity contribution >= 4 is 17.3 Å². The lowest BCUT2D eigenvalue weighted by Gasteiger charge is -2.21. The largest absolute Gasteiger partial charge is 0.399 e. The van der Waals surface area contributed by atoms with Gasteiger partial charge in [-0.15, -0.1) is 0 Å². The average molecular weight is 249 g/mol. The third kappa shape index (κ3) is 2.13. The van der Waals surface area contributed by atoms with Crippen molar-refractivity contribution in [1.82, 2.24) is 4.90 Å². The Morgan fingerprint density at radius 1 is 1.56 bits per heavy atom. The first-order chi connectivity index (χ1) is 8.50. The standard InChI is InChI=1S/C12H15N3O3/c1-8-3-2-6-14(8)12(16)10-7-9(13)4-5-11(10)15(17)18/h4-5,7-8H,2-3,6,13H2,1H3. The van der Waals surface area contributed by atoms with Crippen LogP contribution < -0.4 is 5.73 Å². The monoisotopic (exact) mass is 249 g/mol. The molecule has 6 nitrogen and oxygen atoms in total. The molecular weight excluding hydrogens is 234 g/mol. The summed E-state index contributed by atoms with van der Waals surface area (Å²) in [4.78, 5) is 24.3. The molecule has 6 heteroatoms. The Bertz CT molecular complexity index is 501. The van der Waals surface area contributed by atoms with Gasteiger partial charge in [-0.1, -0.05) is 0 Å². The molecule has 96 valence electrons. The fourth-order valence-electron chi connectivity index (χ4n) is 2.27. The summed E-state index contributed by atoms with van der Waals surface area (Å²) in [5.74, 6) is -0.306. The lowest BCUT2D eigenvalue weighted by molar-refractivity contribution is -0.385. The summed E-state index contributed by atoms with van der Waals surface area (Å²) >= 11 is 0. The first-order valence-electron chi connectivity index (χ1n) is 5.85. The number of carbonyl (C=O) groups is 1. The normalized spacial score (nSPS) is 18.9. The van der Waals surface area contributed by atoms with Crippen molar-refractivity contribution in [3.05, 3.63) is 33.9 Å². The third-order valence-corrected chi connectivity index (χ3v) is 3.26. The zero-order valence-corrected chi connectivity index (χ0v) is 10.1. The number of likely N-dealkylation sites (tertiary alicyclic amines) is 1. The minimum absolute atomic E-state index is 0.0775. The summed E-state index contributed by atoms with van der Waals surface area (Å²) in [5.41, 5.74) is 5.85. The van der Waals surface area contributed by atoms with E-state index >= 15 is 0 Å². The molecule has 0 aliphatic carbocycles. The molecule has 18 heavy (non-hydrogen) atoms. The van der Waals surface area contributed by atoms with Crippen LogP contribution in [0.5, 0.6) is 0 Å². The fraction of sp³-hybridized carbons (Fsp3) is 0.417. The van der Waals surface area contributed by atoms with Crippen LogP contribution in [0.1, 0.15) is 30.1 Å². The molecule has 0 bridgehead atoms. The van der Waals surface area contributed by atoms with Crippen molar-refractivity contribution < 1.29 is 9.72 Å². The smallest absolute Gasteiger partial charge is 0.282 e. The van der Waals surface area contributed by atoms with Crippen molar-refractivity contribution in [3.63, 3.8) is 0 Å². The van der Waals surface area contributed by atoms with Crippen molar-refractivity contribution in [2.75, 3.05) is 12.3 Å². The molecule has 1 aliphatic heterocycles. The topological polar surface area (TPSA) is 89.5 Å². The van der Waals surface area contributed by atoms with Crippen LogP contribution in [0.15, 0.2) is 18.2 Å². The van der Waals surface area contributed by atoms with Crippen LogP contribution in [-0.4, -0.2) is 28.3 Å². The van der Waals surface area contributed by atoms with Crippen molar-refractivity contribution in [3.8, 4) is 0 Å². The minimum Gasteiger partial charge on any atom is -0.399 e. The van der Waals surface area contributed by atoms with Crippen LogP contribution in [0.3, 0.4) is 0 Å². The molecule has 0 aromatic heterocycles. The highest BCUT2D eigenvalue weighted by Crippen LogP contribution is 2.26. The van der Waals surface area contributed by atoms with Gasteiger partial charge in [0.15, 0.2) is 0 Å². The molecule has 1 saturated heterocycles. The SMILES string of the molecule is CC1CCCN1C(=O)c1cc(N)ccc1[N+](=O)[O-]. The van der Waals surface area contributed by atoms with Gasteiger partial charge in [0.1, 0.15) is 5.56 Å². The first kappa shape index (κ1) is 12.3. The summed E-state index contributed by atoms with van der Waals surface area (Å²) in [7, 11) is 0. The van der Waals surface area contributed by atoms with Crippen LogP contribution in [0, 0.1) is 10.1 Å². The second kappa shape index (κ2) is 4.64. The third-order valence-electron chi connectivity index (χ3n) is 3.26. The summed E-state index contributed by atoms with van der Waals surface area (Å²) < 4.78 is 0. The van der Waals surface area contributed by atoms with Crippen molar-refractivity contribution in [1.29, 1.82) is 0 Å². The predicted octanol–water partition coefficient (Wildman–Crippen LogP) is 1.80. The van der Waals surface area contributed by atoms with E-state index in [1.165, 1.54) is 18.2 Å². The molecule has 0 spiro atoms. The van der Waals surface area contributed by atoms with Gasteiger partial charge in [0.25, 0.3) is 11.6 Å². The molecule has 1 aliphatic rings. The number of carbonyl (C=O) groups excluding carboxylic acids is 1. The van der Waals surface area contributed by atoms with E-state index in [9.17, 15) is 14.9 Å². The Balaban J connectivity index is 2.40. The van der Waals surface area contributed by atoms with Crippen molar-refractivity contribution in [2.24, 2.45) is 0 Å². The Morgan fingerprint density at radius 2 is 2.28 bits per heavy atom. The second-order valence-electron chi connectivity index (χ2n) is 4.52. The highest BCUT2D eigenvalue weighted by Gasteiger charge is 2.30. The molecular formula is C12H15N3O3. The van der Waals surface area contributed by atoms with Crippen LogP contribution in [0.4, 0.5) is 11.4 Å². The zero-order chi connectivity index (χ0) is 13.3. The van der Waals surface area contributed by atoms with Gasteiger partial charge in [-0.2, -0.15) is 0 Å². The van der Waals surface area contributed by atoms with E-state index in [1.54, 1.807) is 4.90 Å². The number of nitro benzene ring substituents is 1. The van der Waals surface area contributed by atoms with E-state index in [1.807, 2.05) is 6.92 Å². The maximum absolute atomic E-state index is 12.3. The highest BCUT2D eigenvalue weighted by atomic mass is 16.6. The van der Waals surface area contributed by atoms with Gasteiger partial charge in [-0.05, 0) is 31.9 Å². The molecule has 1 fully saturated rings. The Labute approximate surface area is 105 Å². The molecule has 1 atom stereocenters. The lowest BCUT2D eigenvalue weighted by Crippen LogP contribution is -2.34. The number of nitro groups is 1. The van der Waals surface area contributed by atoms with E-state index in [2.05, 4.69) is 0 Å².